The summed E-state index contributed by atoms with van der Waals surface area (Å²) < 4.78 is 7.45. The van der Waals surface area contributed by atoms with E-state index in [-0.39, 0.29) is 6.10 Å². The van der Waals surface area contributed by atoms with Gasteiger partial charge in [0.25, 0.3) is 0 Å². The fourth-order valence-corrected chi connectivity index (χ4v) is 3.03. The molecule has 0 radical (unpaired) electrons. The third-order valence-electron chi connectivity index (χ3n) is 4.60. The summed E-state index contributed by atoms with van der Waals surface area (Å²) in [6.45, 7) is 6.64. The van der Waals surface area contributed by atoms with Gasteiger partial charge in [0.15, 0.2) is 0 Å². The second-order valence-electron chi connectivity index (χ2n) is 5.66. The lowest BCUT2D eigenvalue weighted by molar-refractivity contribution is -0.151. The normalized spacial score (nSPS) is 26.3. The van der Waals surface area contributed by atoms with E-state index in [4.69, 9.17) is 4.74 Å². The van der Waals surface area contributed by atoms with Crippen LogP contribution in [0, 0.1) is 5.41 Å². The zero-order chi connectivity index (χ0) is 14.8. The van der Waals surface area contributed by atoms with Crippen molar-refractivity contribution in [1.82, 2.24) is 9.78 Å². The molecule has 0 amide bonds. The molecule has 0 spiro atoms. The third kappa shape index (κ3) is 2.59. The van der Waals surface area contributed by atoms with Crippen molar-refractivity contribution in [3.63, 3.8) is 0 Å². The van der Waals surface area contributed by atoms with Gasteiger partial charge in [-0.15, -0.1) is 0 Å². The molecule has 1 aliphatic rings. The number of aliphatic carboxylic acids is 1. The highest BCUT2D eigenvalue weighted by molar-refractivity contribution is 5.76. The summed E-state index contributed by atoms with van der Waals surface area (Å²) in [4.78, 5) is 11.7. The summed E-state index contributed by atoms with van der Waals surface area (Å²) in [5, 5.41) is 14.2. The van der Waals surface area contributed by atoms with Crippen molar-refractivity contribution in [3.8, 4) is 0 Å². The number of hydrogen-bond donors (Lipinski definition) is 1. The lowest BCUT2D eigenvalue weighted by Gasteiger charge is -2.26. The smallest absolute Gasteiger partial charge is 0.312 e. The summed E-state index contributed by atoms with van der Waals surface area (Å²) in [5.74, 6) is -0.778. The Labute approximate surface area is 119 Å². The predicted molar refractivity (Wildman–Crippen MR) is 75.6 cm³/mol. The van der Waals surface area contributed by atoms with E-state index in [0.29, 0.717) is 25.5 Å². The number of ether oxygens (including phenoxy) is 1. The summed E-state index contributed by atoms with van der Waals surface area (Å²) >= 11 is 0. The van der Waals surface area contributed by atoms with Crippen LogP contribution in [-0.2, 0) is 16.0 Å². The lowest BCUT2D eigenvalue weighted by atomic mass is 9.77. The highest BCUT2D eigenvalue weighted by Crippen LogP contribution is 2.38. The molecule has 0 bridgehead atoms. The van der Waals surface area contributed by atoms with Gasteiger partial charge < -0.3 is 9.84 Å². The molecular formula is C15H24N2O3. The van der Waals surface area contributed by atoms with Gasteiger partial charge in [0.2, 0.25) is 0 Å². The zero-order valence-corrected chi connectivity index (χ0v) is 12.5. The average Bonchev–Trinajstić information content (AvgIpc) is 3.00. The van der Waals surface area contributed by atoms with Gasteiger partial charge in [-0.2, -0.15) is 5.10 Å². The van der Waals surface area contributed by atoms with E-state index in [9.17, 15) is 9.90 Å². The van der Waals surface area contributed by atoms with Gasteiger partial charge in [-0.05, 0) is 32.3 Å². The average molecular weight is 280 g/mol. The van der Waals surface area contributed by atoms with Crippen LogP contribution in [0.1, 0.15) is 51.8 Å². The first-order valence-corrected chi connectivity index (χ1v) is 7.42. The molecule has 0 saturated carbocycles. The van der Waals surface area contributed by atoms with Crippen LogP contribution in [-0.4, -0.2) is 33.6 Å². The number of hydrogen-bond acceptors (Lipinski definition) is 3. The van der Waals surface area contributed by atoms with Crippen LogP contribution in [0.2, 0.25) is 0 Å². The number of carboxylic acid groups (broad SMARTS) is 1. The molecule has 112 valence electrons. The third-order valence-corrected chi connectivity index (χ3v) is 4.60. The van der Waals surface area contributed by atoms with E-state index in [0.717, 1.165) is 18.5 Å². The fourth-order valence-electron chi connectivity index (χ4n) is 3.03. The van der Waals surface area contributed by atoms with Gasteiger partial charge in [-0.3, -0.25) is 9.48 Å². The zero-order valence-electron chi connectivity index (χ0n) is 12.5. The molecule has 2 atom stereocenters. The van der Waals surface area contributed by atoms with Gasteiger partial charge in [-0.1, -0.05) is 13.8 Å². The number of carbonyl (C=O) groups is 1. The van der Waals surface area contributed by atoms with Crippen molar-refractivity contribution in [2.24, 2.45) is 5.41 Å². The molecule has 1 aromatic heterocycles. The first-order chi connectivity index (χ1) is 9.53. The molecule has 2 heterocycles. The summed E-state index contributed by atoms with van der Waals surface area (Å²) in [6, 6.07) is 2.33. The van der Waals surface area contributed by atoms with E-state index >= 15 is 0 Å². The maximum Gasteiger partial charge on any atom is 0.312 e. The summed E-state index contributed by atoms with van der Waals surface area (Å²) in [5.41, 5.74) is 0.0178. The van der Waals surface area contributed by atoms with Crippen molar-refractivity contribution in [2.75, 3.05) is 6.61 Å². The molecule has 5 nitrogen and oxygen atoms in total. The molecule has 2 unspecified atom stereocenters. The fraction of sp³-hybridized carbons (Fsp3) is 0.733. The second-order valence-corrected chi connectivity index (χ2v) is 5.66. The molecule has 1 fully saturated rings. The minimum absolute atomic E-state index is 0.265. The van der Waals surface area contributed by atoms with Crippen LogP contribution in [0.5, 0.6) is 0 Å². The SMILES string of the molecule is CCC(CC)n1ccc(CC2(C(=O)O)CCOC2C)n1. The molecule has 2 rings (SSSR count). The van der Waals surface area contributed by atoms with Gasteiger partial charge in [0.1, 0.15) is 5.41 Å². The Bertz CT molecular complexity index is 467. The van der Waals surface area contributed by atoms with E-state index < -0.39 is 11.4 Å². The first kappa shape index (κ1) is 15.0. The van der Waals surface area contributed by atoms with E-state index in [1.54, 1.807) is 0 Å². The van der Waals surface area contributed by atoms with Crippen molar-refractivity contribution >= 4 is 5.97 Å². The Kier molecular flexibility index (Phi) is 4.48. The van der Waals surface area contributed by atoms with Crippen molar-refractivity contribution in [1.29, 1.82) is 0 Å². The topological polar surface area (TPSA) is 64.4 Å². The molecule has 1 aliphatic heterocycles. The Balaban J connectivity index is 2.18. The van der Waals surface area contributed by atoms with E-state index in [2.05, 4.69) is 18.9 Å². The van der Waals surface area contributed by atoms with Gasteiger partial charge in [-0.25, -0.2) is 0 Å². The molecular weight excluding hydrogens is 256 g/mol. The van der Waals surface area contributed by atoms with Crippen molar-refractivity contribution in [2.45, 2.75) is 58.6 Å². The molecule has 5 heteroatoms. The van der Waals surface area contributed by atoms with Crippen molar-refractivity contribution < 1.29 is 14.6 Å². The molecule has 0 aliphatic carbocycles. The Hall–Kier alpha value is -1.36. The molecule has 1 saturated heterocycles. The first-order valence-electron chi connectivity index (χ1n) is 7.42. The van der Waals surface area contributed by atoms with Crippen molar-refractivity contribution in [3.05, 3.63) is 18.0 Å². The van der Waals surface area contributed by atoms with Gasteiger partial charge in [0, 0.05) is 19.2 Å². The molecule has 1 aromatic rings. The Morgan fingerprint density at radius 1 is 1.60 bits per heavy atom. The monoisotopic (exact) mass is 280 g/mol. The number of rotatable bonds is 6. The molecule has 20 heavy (non-hydrogen) atoms. The summed E-state index contributed by atoms with van der Waals surface area (Å²) in [6.07, 6.45) is 4.75. The maximum absolute atomic E-state index is 11.7. The molecule has 0 aromatic carbocycles. The highest BCUT2D eigenvalue weighted by atomic mass is 16.5. The number of aromatic nitrogens is 2. The Morgan fingerprint density at radius 2 is 2.30 bits per heavy atom. The summed E-state index contributed by atoms with van der Waals surface area (Å²) in [7, 11) is 0. The van der Waals surface area contributed by atoms with Crippen LogP contribution >= 0.6 is 0 Å². The highest BCUT2D eigenvalue weighted by Gasteiger charge is 2.48. The minimum Gasteiger partial charge on any atom is -0.481 e. The quantitative estimate of drug-likeness (QED) is 0.870. The van der Waals surface area contributed by atoms with E-state index in [1.807, 2.05) is 23.9 Å². The van der Waals surface area contributed by atoms with Crippen LogP contribution in [0.15, 0.2) is 12.3 Å². The van der Waals surface area contributed by atoms with Crippen LogP contribution in [0.25, 0.3) is 0 Å². The standard InChI is InChI=1S/C15H24N2O3/c1-4-13(5-2)17-8-6-12(16-17)10-15(14(18)19)7-9-20-11(15)3/h6,8,11,13H,4-5,7,9-10H2,1-3H3,(H,18,19). The second kappa shape index (κ2) is 5.95. The van der Waals surface area contributed by atoms with E-state index in [1.165, 1.54) is 0 Å². The lowest BCUT2D eigenvalue weighted by Crippen LogP contribution is -2.39. The predicted octanol–water partition coefficient (Wildman–Crippen LogP) is 2.67. The minimum atomic E-state index is -0.826. The van der Waals surface area contributed by atoms with Gasteiger partial charge in [0.05, 0.1) is 17.8 Å². The Morgan fingerprint density at radius 3 is 2.80 bits per heavy atom. The van der Waals surface area contributed by atoms with Crippen LogP contribution in [0.3, 0.4) is 0 Å². The maximum atomic E-state index is 11.7. The number of carboxylic acids is 1. The molecule has 1 N–H and O–H groups in total. The number of nitrogens with zero attached hydrogens (tertiary/aromatic N) is 2. The van der Waals surface area contributed by atoms with Crippen LogP contribution < -0.4 is 0 Å². The largest absolute Gasteiger partial charge is 0.481 e. The van der Waals surface area contributed by atoms with Gasteiger partial charge >= 0.3 is 5.97 Å². The van der Waals surface area contributed by atoms with Crippen LogP contribution in [0.4, 0.5) is 0 Å².